The van der Waals surface area contributed by atoms with Crippen molar-refractivity contribution in [2.45, 2.75) is 13.3 Å². The summed E-state index contributed by atoms with van der Waals surface area (Å²) in [7, 11) is 1.52. The molecule has 0 heterocycles. The molecule has 19 heavy (non-hydrogen) atoms. The van der Waals surface area contributed by atoms with Crippen LogP contribution in [0.3, 0.4) is 0 Å². The van der Waals surface area contributed by atoms with Gasteiger partial charge in [0.1, 0.15) is 5.75 Å². The number of ketones is 1. The highest BCUT2D eigenvalue weighted by Crippen LogP contribution is 2.43. The average Bonchev–Trinajstić information content (AvgIpc) is 3.18. The van der Waals surface area contributed by atoms with Gasteiger partial charge in [0.15, 0.2) is 5.78 Å². The van der Waals surface area contributed by atoms with Gasteiger partial charge in [-0.2, -0.15) is 0 Å². The summed E-state index contributed by atoms with van der Waals surface area (Å²) >= 11 is 3.33. The molecule has 1 saturated carbocycles. The minimum Gasteiger partial charge on any atom is -0.496 e. The van der Waals surface area contributed by atoms with Crippen LogP contribution in [0.15, 0.2) is 22.7 Å². The predicted octanol–water partition coefficient (Wildman–Crippen LogP) is 2.84. The van der Waals surface area contributed by atoms with E-state index >= 15 is 0 Å². The maximum atomic E-state index is 12.3. The van der Waals surface area contributed by atoms with Crippen molar-refractivity contribution in [3.8, 4) is 5.75 Å². The summed E-state index contributed by atoms with van der Waals surface area (Å²) in [5.74, 6) is -0.372. The van der Waals surface area contributed by atoms with Gasteiger partial charge in [-0.25, -0.2) is 0 Å². The number of hydrogen-bond donors (Lipinski definition) is 0. The molecule has 0 bridgehead atoms. The minimum absolute atomic E-state index is 0.0533. The Morgan fingerprint density at radius 3 is 2.74 bits per heavy atom. The normalized spacial score (nSPS) is 20.8. The van der Waals surface area contributed by atoms with Gasteiger partial charge >= 0.3 is 5.97 Å². The molecule has 4 nitrogen and oxygen atoms in total. The lowest BCUT2D eigenvalue weighted by atomic mass is 10.0. The van der Waals surface area contributed by atoms with E-state index in [2.05, 4.69) is 15.9 Å². The fraction of sp³-hybridized carbons (Fsp3) is 0.429. The zero-order valence-corrected chi connectivity index (χ0v) is 12.4. The van der Waals surface area contributed by atoms with Gasteiger partial charge < -0.3 is 9.47 Å². The van der Waals surface area contributed by atoms with Gasteiger partial charge in [-0.15, -0.1) is 0 Å². The molecule has 1 aromatic carbocycles. The molecule has 0 amide bonds. The monoisotopic (exact) mass is 326 g/mol. The largest absolute Gasteiger partial charge is 0.496 e. The molecule has 0 spiro atoms. The lowest BCUT2D eigenvalue weighted by Gasteiger charge is -2.08. The van der Waals surface area contributed by atoms with Gasteiger partial charge in [0.25, 0.3) is 0 Å². The van der Waals surface area contributed by atoms with Crippen LogP contribution in [-0.4, -0.2) is 25.5 Å². The van der Waals surface area contributed by atoms with Crippen LogP contribution in [0.2, 0.25) is 0 Å². The summed E-state index contributed by atoms with van der Waals surface area (Å²) in [5, 5.41) is 0. The Balaban J connectivity index is 2.12. The highest BCUT2D eigenvalue weighted by molar-refractivity contribution is 9.10. The summed E-state index contributed by atoms with van der Waals surface area (Å²) in [4.78, 5) is 23.9. The van der Waals surface area contributed by atoms with E-state index in [-0.39, 0.29) is 23.6 Å². The lowest BCUT2D eigenvalue weighted by Crippen LogP contribution is -2.12. The van der Waals surface area contributed by atoms with Crippen molar-refractivity contribution in [1.82, 2.24) is 0 Å². The van der Waals surface area contributed by atoms with Crippen molar-refractivity contribution in [3.63, 3.8) is 0 Å². The molecule has 0 radical (unpaired) electrons. The van der Waals surface area contributed by atoms with Crippen molar-refractivity contribution >= 4 is 27.7 Å². The Bertz CT molecular complexity index is 512. The second kappa shape index (κ2) is 5.74. The minimum atomic E-state index is -0.291. The number of benzene rings is 1. The second-order valence-electron chi connectivity index (χ2n) is 4.41. The Kier molecular flexibility index (Phi) is 4.24. The highest BCUT2D eigenvalue weighted by atomic mass is 79.9. The number of hydrogen-bond acceptors (Lipinski definition) is 4. The average molecular weight is 327 g/mol. The van der Waals surface area contributed by atoms with E-state index in [0.717, 1.165) is 4.47 Å². The molecule has 2 unspecified atom stereocenters. The molecule has 2 atom stereocenters. The van der Waals surface area contributed by atoms with Crippen molar-refractivity contribution in [2.75, 3.05) is 13.7 Å². The quantitative estimate of drug-likeness (QED) is 0.616. The summed E-state index contributed by atoms with van der Waals surface area (Å²) in [6.07, 6.45) is 0.566. The maximum Gasteiger partial charge on any atom is 0.309 e. The molecule has 1 aliphatic carbocycles. The van der Waals surface area contributed by atoms with Crippen LogP contribution in [0, 0.1) is 11.8 Å². The molecule has 0 aliphatic heterocycles. The van der Waals surface area contributed by atoms with E-state index in [0.29, 0.717) is 24.3 Å². The third-order valence-electron chi connectivity index (χ3n) is 3.15. The molecule has 5 heteroatoms. The fourth-order valence-electron chi connectivity index (χ4n) is 2.06. The molecule has 1 fully saturated rings. The topological polar surface area (TPSA) is 52.6 Å². The molecular weight excluding hydrogens is 312 g/mol. The van der Waals surface area contributed by atoms with Crippen LogP contribution in [0.4, 0.5) is 0 Å². The maximum absolute atomic E-state index is 12.3. The first-order valence-electron chi connectivity index (χ1n) is 6.12. The Labute approximate surface area is 120 Å². The van der Waals surface area contributed by atoms with Crippen LogP contribution >= 0.6 is 15.9 Å². The summed E-state index contributed by atoms with van der Waals surface area (Å²) in [6, 6.07) is 5.25. The Hall–Kier alpha value is -1.36. The standard InChI is InChI=1S/C14H15BrO4/c1-3-19-14(17)11-7-10(11)13(16)9-5-4-8(15)6-12(9)18-2/h4-6,10-11H,3,7H2,1-2H3. The van der Waals surface area contributed by atoms with Crippen LogP contribution in [0.25, 0.3) is 0 Å². The van der Waals surface area contributed by atoms with E-state index in [1.807, 2.05) is 0 Å². The number of methoxy groups -OCH3 is 1. The Morgan fingerprint density at radius 2 is 2.11 bits per heavy atom. The number of Topliss-reactive ketones (excluding diaryl/α,β-unsaturated/α-hetero) is 1. The van der Waals surface area contributed by atoms with Gasteiger partial charge in [0, 0.05) is 10.4 Å². The number of carbonyl (C=O) groups excluding carboxylic acids is 2. The van der Waals surface area contributed by atoms with Crippen LogP contribution in [-0.2, 0) is 9.53 Å². The number of halogens is 1. The van der Waals surface area contributed by atoms with Crippen molar-refractivity contribution in [1.29, 1.82) is 0 Å². The first-order valence-corrected chi connectivity index (χ1v) is 6.92. The first-order chi connectivity index (χ1) is 9.08. The van der Waals surface area contributed by atoms with E-state index in [4.69, 9.17) is 9.47 Å². The molecule has 102 valence electrons. The predicted molar refractivity (Wildman–Crippen MR) is 73.3 cm³/mol. The molecule has 1 aliphatic rings. The summed E-state index contributed by atoms with van der Waals surface area (Å²) < 4.78 is 11.0. The van der Waals surface area contributed by atoms with Gasteiger partial charge in [-0.1, -0.05) is 15.9 Å². The number of esters is 1. The third-order valence-corrected chi connectivity index (χ3v) is 3.64. The molecule has 1 aromatic rings. The highest BCUT2D eigenvalue weighted by Gasteiger charge is 2.49. The van der Waals surface area contributed by atoms with Crippen LogP contribution in [0.5, 0.6) is 5.75 Å². The van der Waals surface area contributed by atoms with Crippen molar-refractivity contribution < 1.29 is 19.1 Å². The van der Waals surface area contributed by atoms with Crippen LogP contribution in [0.1, 0.15) is 23.7 Å². The van der Waals surface area contributed by atoms with Gasteiger partial charge in [0.05, 0.1) is 25.2 Å². The van der Waals surface area contributed by atoms with Gasteiger partial charge in [0.2, 0.25) is 0 Å². The number of carbonyl (C=O) groups is 2. The van der Waals surface area contributed by atoms with E-state index in [9.17, 15) is 9.59 Å². The zero-order valence-electron chi connectivity index (χ0n) is 10.8. The van der Waals surface area contributed by atoms with Gasteiger partial charge in [-0.05, 0) is 31.5 Å². The summed E-state index contributed by atoms with van der Waals surface area (Å²) in [5.41, 5.74) is 0.516. The smallest absolute Gasteiger partial charge is 0.309 e. The fourth-order valence-corrected chi connectivity index (χ4v) is 2.40. The molecule has 2 rings (SSSR count). The third kappa shape index (κ3) is 2.97. The summed E-state index contributed by atoms with van der Waals surface area (Å²) in [6.45, 7) is 2.10. The second-order valence-corrected chi connectivity index (χ2v) is 5.33. The van der Waals surface area contributed by atoms with E-state index in [1.54, 1.807) is 25.1 Å². The lowest BCUT2D eigenvalue weighted by molar-refractivity contribution is -0.144. The van der Waals surface area contributed by atoms with E-state index < -0.39 is 0 Å². The zero-order chi connectivity index (χ0) is 14.0. The number of rotatable bonds is 5. The SMILES string of the molecule is CCOC(=O)C1CC1C(=O)c1ccc(Br)cc1OC. The molecule has 0 N–H and O–H groups in total. The van der Waals surface area contributed by atoms with Gasteiger partial charge in [-0.3, -0.25) is 9.59 Å². The molecule has 0 aromatic heterocycles. The van der Waals surface area contributed by atoms with Crippen molar-refractivity contribution in [3.05, 3.63) is 28.2 Å². The first kappa shape index (κ1) is 14.1. The van der Waals surface area contributed by atoms with Crippen molar-refractivity contribution in [2.24, 2.45) is 11.8 Å². The van der Waals surface area contributed by atoms with E-state index in [1.165, 1.54) is 7.11 Å². The molecule has 0 saturated heterocycles. The Morgan fingerprint density at radius 1 is 1.37 bits per heavy atom. The molecular formula is C14H15BrO4. The number of ether oxygens (including phenoxy) is 2. The van der Waals surface area contributed by atoms with Crippen LogP contribution < -0.4 is 4.74 Å².